The highest BCUT2D eigenvalue weighted by atomic mass is 16.5. The number of rotatable bonds is 6. The van der Waals surface area contributed by atoms with Crippen molar-refractivity contribution in [2.45, 2.75) is 96.4 Å². The molecule has 1 unspecified atom stereocenters. The minimum absolute atomic E-state index is 0.147. The van der Waals surface area contributed by atoms with Gasteiger partial charge in [0, 0.05) is 32.1 Å². The van der Waals surface area contributed by atoms with Crippen LogP contribution in [-0.2, 0) is 4.79 Å². The molecule has 0 aliphatic carbocycles. The first-order chi connectivity index (χ1) is 13.7. The van der Waals surface area contributed by atoms with Gasteiger partial charge in [0.05, 0.1) is 0 Å². The van der Waals surface area contributed by atoms with Gasteiger partial charge in [0.2, 0.25) is 5.91 Å². The average Bonchev–Trinajstić information content (AvgIpc) is 2.68. The Labute approximate surface area is 173 Å². The topological polar surface area (TPSA) is 76.6 Å². The first-order valence-electron chi connectivity index (χ1n) is 11.9. The maximum absolute atomic E-state index is 12.0. The van der Waals surface area contributed by atoms with Gasteiger partial charge in [-0.3, -0.25) is 4.79 Å². The standard InChI is InChI=1S/C22H46N4O2/c1-2-3-4-5-6-12-21-13-9-14-22(27)25-18-11-20-26(28)19-8-7-15-23-16-10-17-24-21/h21,23-24,28H,2-20H2,1H3,(H,25,27). The molecule has 1 amide bonds. The highest BCUT2D eigenvalue weighted by Crippen LogP contribution is 2.12. The highest BCUT2D eigenvalue weighted by molar-refractivity contribution is 5.75. The molecule has 1 aliphatic heterocycles. The van der Waals surface area contributed by atoms with E-state index in [2.05, 4.69) is 22.9 Å². The SMILES string of the molecule is CCCCCCCC1CCCC(=O)NCCCN(O)CCCCNCCCN1. The van der Waals surface area contributed by atoms with Crippen molar-refractivity contribution in [3.63, 3.8) is 0 Å². The van der Waals surface area contributed by atoms with Gasteiger partial charge < -0.3 is 21.2 Å². The second kappa shape index (κ2) is 18.3. The van der Waals surface area contributed by atoms with Crippen molar-refractivity contribution in [2.75, 3.05) is 39.3 Å². The summed E-state index contributed by atoms with van der Waals surface area (Å²) in [5, 5.41) is 21.5. The van der Waals surface area contributed by atoms with Crippen LogP contribution in [-0.4, -0.2) is 61.5 Å². The average molecular weight is 399 g/mol. The molecule has 0 aromatic heterocycles. The fourth-order valence-electron chi connectivity index (χ4n) is 3.73. The third kappa shape index (κ3) is 15.3. The van der Waals surface area contributed by atoms with Gasteiger partial charge in [-0.1, -0.05) is 39.0 Å². The fourth-order valence-corrected chi connectivity index (χ4v) is 3.73. The van der Waals surface area contributed by atoms with Gasteiger partial charge in [0.1, 0.15) is 0 Å². The van der Waals surface area contributed by atoms with E-state index in [0.29, 0.717) is 32.1 Å². The first kappa shape index (κ1) is 25.3. The molecule has 4 N–H and O–H groups in total. The molecule has 166 valence electrons. The lowest BCUT2D eigenvalue weighted by Crippen LogP contribution is -2.32. The molecule has 1 fully saturated rings. The van der Waals surface area contributed by atoms with E-state index in [1.54, 1.807) is 0 Å². The van der Waals surface area contributed by atoms with Gasteiger partial charge in [-0.2, -0.15) is 5.06 Å². The third-order valence-corrected chi connectivity index (χ3v) is 5.51. The van der Waals surface area contributed by atoms with Gasteiger partial charge in [-0.15, -0.1) is 0 Å². The summed E-state index contributed by atoms with van der Waals surface area (Å²) in [6, 6.07) is 0.541. The largest absolute Gasteiger partial charge is 0.356 e. The van der Waals surface area contributed by atoms with Crippen LogP contribution in [0.3, 0.4) is 0 Å². The Bertz CT molecular complexity index is 368. The van der Waals surface area contributed by atoms with Crippen molar-refractivity contribution in [3.8, 4) is 0 Å². The summed E-state index contributed by atoms with van der Waals surface area (Å²) in [6.45, 7) is 7.34. The van der Waals surface area contributed by atoms with Crippen LogP contribution in [0.4, 0.5) is 0 Å². The zero-order valence-corrected chi connectivity index (χ0v) is 18.3. The molecule has 0 saturated carbocycles. The number of hydroxylamine groups is 2. The minimum atomic E-state index is 0.147. The molecule has 1 atom stereocenters. The highest BCUT2D eigenvalue weighted by Gasteiger charge is 2.10. The first-order valence-corrected chi connectivity index (χ1v) is 11.9. The Morgan fingerprint density at radius 1 is 0.929 bits per heavy atom. The second-order valence-corrected chi connectivity index (χ2v) is 8.21. The molecule has 6 heteroatoms. The number of hydrogen-bond acceptors (Lipinski definition) is 5. The number of unbranched alkanes of at least 4 members (excludes halogenated alkanes) is 4. The van der Waals surface area contributed by atoms with Crippen molar-refractivity contribution in [3.05, 3.63) is 0 Å². The predicted octanol–water partition coefficient (Wildman–Crippen LogP) is 3.45. The maximum atomic E-state index is 12.0. The lowest BCUT2D eigenvalue weighted by molar-refractivity contribution is -0.121. The lowest BCUT2D eigenvalue weighted by Gasteiger charge is -2.19. The molecule has 0 aromatic carbocycles. The summed E-state index contributed by atoms with van der Waals surface area (Å²) >= 11 is 0. The van der Waals surface area contributed by atoms with E-state index in [-0.39, 0.29) is 5.91 Å². The Balaban J connectivity index is 2.34. The molecule has 1 aliphatic rings. The Hall–Kier alpha value is -0.690. The van der Waals surface area contributed by atoms with Gasteiger partial charge in [-0.25, -0.2) is 0 Å². The van der Waals surface area contributed by atoms with Crippen molar-refractivity contribution >= 4 is 5.91 Å². The van der Waals surface area contributed by atoms with Crippen LogP contribution in [0.5, 0.6) is 0 Å². The van der Waals surface area contributed by atoms with Gasteiger partial charge in [0.15, 0.2) is 0 Å². The number of carbonyl (C=O) groups excluding carboxylic acids is 1. The van der Waals surface area contributed by atoms with Crippen LogP contribution < -0.4 is 16.0 Å². The molecule has 6 nitrogen and oxygen atoms in total. The quantitative estimate of drug-likeness (QED) is 0.516. The van der Waals surface area contributed by atoms with E-state index < -0.39 is 0 Å². The Kier molecular flexibility index (Phi) is 16.6. The number of nitrogens with zero attached hydrogens (tertiary/aromatic N) is 1. The second-order valence-electron chi connectivity index (χ2n) is 8.21. The normalized spacial score (nSPS) is 23.4. The van der Waals surface area contributed by atoms with Crippen molar-refractivity contribution in [1.82, 2.24) is 21.0 Å². The van der Waals surface area contributed by atoms with Gasteiger partial charge in [0.25, 0.3) is 0 Å². The number of nitrogens with one attached hydrogen (secondary N) is 3. The van der Waals surface area contributed by atoms with E-state index in [0.717, 1.165) is 58.2 Å². The van der Waals surface area contributed by atoms with Crippen LogP contribution in [0.25, 0.3) is 0 Å². The van der Waals surface area contributed by atoms with Crippen molar-refractivity contribution < 1.29 is 10.0 Å². The Morgan fingerprint density at radius 3 is 2.57 bits per heavy atom. The molecule has 0 radical (unpaired) electrons. The molecule has 0 aromatic rings. The summed E-state index contributed by atoms with van der Waals surface area (Å²) in [6.07, 6.45) is 14.5. The number of amides is 1. The fraction of sp³-hybridized carbons (Fsp3) is 0.955. The van der Waals surface area contributed by atoms with E-state index in [1.165, 1.54) is 43.6 Å². The molecule has 0 spiro atoms. The number of hydrogen-bond donors (Lipinski definition) is 4. The van der Waals surface area contributed by atoms with Crippen LogP contribution in [0.1, 0.15) is 90.4 Å². The van der Waals surface area contributed by atoms with Gasteiger partial charge in [-0.05, 0) is 64.6 Å². The summed E-state index contributed by atoms with van der Waals surface area (Å²) in [5.41, 5.74) is 0. The van der Waals surface area contributed by atoms with Crippen LogP contribution in [0.15, 0.2) is 0 Å². The third-order valence-electron chi connectivity index (χ3n) is 5.51. The molecule has 0 bridgehead atoms. The smallest absolute Gasteiger partial charge is 0.219 e. The summed E-state index contributed by atoms with van der Waals surface area (Å²) in [5.74, 6) is 0.147. The molecular formula is C22H46N4O2. The van der Waals surface area contributed by atoms with Crippen LogP contribution >= 0.6 is 0 Å². The molecule has 28 heavy (non-hydrogen) atoms. The summed E-state index contributed by atoms with van der Waals surface area (Å²) in [7, 11) is 0. The molecular weight excluding hydrogens is 352 g/mol. The monoisotopic (exact) mass is 398 g/mol. The minimum Gasteiger partial charge on any atom is -0.356 e. The maximum Gasteiger partial charge on any atom is 0.219 e. The van der Waals surface area contributed by atoms with Crippen LogP contribution in [0.2, 0.25) is 0 Å². The zero-order valence-electron chi connectivity index (χ0n) is 18.3. The lowest BCUT2D eigenvalue weighted by atomic mass is 10.0. The Morgan fingerprint density at radius 2 is 1.71 bits per heavy atom. The zero-order chi connectivity index (χ0) is 20.3. The van der Waals surface area contributed by atoms with E-state index in [9.17, 15) is 10.0 Å². The van der Waals surface area contributed by atoms with Crippen molar-refractivity contribution in [1.29, 1.82) is 0 Å². The predicted molar refractivity (Wildman–Crippen MR) is 117 cm³/mol. The molecule has 1 rings (SSSR count). The summed E-state index contributed by atoms with van der Waals surface area (Å²) in [4.78, 5) is 12.0. The summed E-state index contributed by atoms with van der Waals surface area (Å²) < 4.78 is 0. The van der Waals surface area contributed by atoms with E-state index >= 15 is 0 Å². The van der Waals surface area contributed by atoms with Crippen molar-refractivity contribution in [2.24, 2.45) is 0 Å². The van der Waals surface area contributed by atoms with E-state index in [1.807, 2.05) is 0 Å². The number of carbonyl (C=O) groups is 1. The van der Waals surface area contributed by atoms with Crippen LogP contribution in [0, 0.1) is 0 Å². The van der Waals surface area contributed by atoms with E-state index in [4.69, 9.17) is 0 Å². The van der Waals surface area contributed by atoms with Gasteiger partial charge >= 0.3 is 0 Å². The molecule has 1 saturated heterocycles. The molecule has 1 heterocycles.